The molecule has 6 heteroatoms. The van der Waals surface area contributed by atoms with E-state index in [0.29, 0.717) is 12.5 Å². The zero-order chi connectivity index (χ0) is 16.1. The highest BCUT2D eigenvalue weighted by Crippen LogP contribution is 2.16. The van der Waals surface area contributed by atoms with Gasteiger partial charge in [0.2, 0.25) is 5.91 Å². The summed E-state index contributed by atoms with van der Waals surface area (Å²) in [5, 5.41) is 3.37. The topological polar surface area (TPSA) is 58.1 Å². The summed E-state index contributed by atoms with van der Waals surface area (Å²) in [7, 11) is 0. The van der Waals surface area contributed by atoms with Gasteiger partial charge in [-0.1, -0.05) is 12.1 Å². The lowest BCUT2D eigenvalue weighted by Crippen LogP contribution is -2.43. The number of likely N-dealkylation sites (tertiary alicyclic amines) is 1. The molecule has 0 radical (unpaired) electrons. The number of halogens is 1. The summed E-state index contributed by atoms with van der Waals surface area (Å²) in [5.41, 5.74) is 0.845. The van der Waals surface area contributed by atoms with Gasteiger partial charge < -0.3 is 10.2 Å². The molecular formula is C17H19FN4O. The Labute approximate surface area is 134 Å². The zero-order valence-electron chi connectivity index (χ0n) is 12.8. The summed E-state index contributed by atoms with van der Waals surface area (Å²) in [6.45, 7) is 1.45. The van der Waals surface area contributed by atoms with Gasteiger partial charge in [-0.2, -0.15) is 0 Å². The van der Waals surface area contributed by atoms with Crippen LogP contribution in [-0.2, 0) is 11.2 Å². The van der Waals surface area contributed by atoms with Crippen molar-refractivity contribution in [2.45, 2.75) is 25.3 Å². The average Bonchev–Trinajstić information content (AvgIpc) is 2.58. The molecule has 2 heterocycles. The van der Waals surface area contributed by atoms with E-state index in [1.165, 1.54) is 18.5 Å². The maximum Gasteiger partial charge on any atom is 0.226 e. The van der Waals surface area contributed by atoms with Crippen molar-refractivity contribution in [3.05, 3.63) is 54.2 Å². The van der Waals surface area contributed by atoms with Gasteiger partial charge >= 0.3 is 0 Å². The van der Waals surface area contributed by atoms with Crippen molar-refractivity contribution in [1.82, 2.24) is 14.9 Å². The maximum atomic E-state index is 12.9. The second kappa shape index (κ2) is 7.17. The third kappa shape index (κ3) is 4.25. The first-order valence-electron chi connectivity index (χ1n) is 7.75. The first-order chi connectivity index (χ1) is 11.2. The van der Waals surface area contributed by atoms with E-state index in [4.69, 9.17) is 0 Å². The molecule has 1 aliphatic heterocycles. The van der Waals surface area contributed by atoms with E-state index in [-0.39, 0.29) is 11.7 Å². The molecule has 5 nitrogen and oxygen atoms in total. The fourth-order valence-electron chi connectivity index (χ4n) is 2.75. The number of piperidine rings is 1. The number of nitrogens with one attached hydrogen (secondary N) is 1. The molecule has 0 spiro atoms. The number of hydrogen-bond acceptors (Lipinski definition) is 4. The molecule has 1 aliphatic rings. The van der Waals surface area contributed by atoms with Gasteiger partial charge in [0.1, 0.15) is 18.0 Å². The molecule has 0 aliphatic carbocycles. The largest absolute Gasteiger partial charge is 0.367 e. The summed E-state index contributed by atoms with van der Waals surface area (Å²) < 4.78 is 12.9. The third-order valence-corrected chi connectivity index (χ3v) is 4.05. The van der Waals surface area contributed by atoms with Crippen LogP contribution in [0.4, 0.5) is 10.2 Å². The molecule has 1 N–H and O–H groups in total. The summed E-state index contributed by atoms with van der Waals surface area (Å²) in [6.07, 6.45) is 5.32. The summed E-state index contributed by atoms with van der Waals surface area (Å²) in [6, 6.07) is 8.26. The van der Waals surface area contributed by atoms with Crippen molar-refractivity contribution in [2.24, 2.45) is 0 Å². The van der Waals surface area contributed by atoms with E-state index in [1.807, 2.05) is 11.0 Å². The van der Waals surface area contributed by atoms with E-state index in [0.717, 1.165) is 37.3 Å². The van der Waals surface area contributed by atoms with Crippen LogP contribution in [0.25, 0.3) is 0 Å². The smallest absolute Gasteiger partial charge is 0.226 e. The highest BCUT2D eigenvalue weighted by atomic mass is 19.1. The minimum Gasteiger partial charge on any atom is -0.367 e. The molecule has 0 bridgehead atoms. The van der Waals surface area contributed by atoms with E-state index in [1.54, 1.807) is 18.3 Å². The van der Waals surface area contributed by atoms with Gasteiger partial charge in [-0.3, -0.25) is 4.79 Å². The predicted molar refractivity (Wildman–Crippen MR) is 85.4 cm³/mol. The first-order valence-corrected chi connectivity index (χ1v) is 7.75. The van der Waals surface area contributed by atoms with Gasteiger partial charge in [-0.15, -0.1) is 0 Å². The van der Waals surface area contributed by atoms with Crippen LogP contribution in [0.5, 0.6) is 0 Å². The molecule has 3 rings (SSSR count). The van der Waals surface area contributed by atoms with Crippen molar-refractivity contribution in [3.8, 4) is 0 Å². The molecule has 23 heavy (non-hydrogen) atoms. The molecule has 1 amide bonds. The standard InChI is InChI=1S/C17H19FN4O/c18-14-3-1-13(2-4-14)11-17(23)22-9-6-15(7-10-22)21-16-5-8-19-12-20-16/h1-5,8,12,15H,6-7,9-11H2,(H,19,20,21). The molecule has 1 aromatic heterocycles. The Morgan fingerprint density at radius 1 is 1.22 bits per heavy atom. The first kappa shape index (κ1) is 15.4. The Balaban J connectivity index is 1.48. The van der Waals surface area contributed by atoms with Crippen LogP contribution >= 0.6 is 0 Å². The van der Waals surface area contributed by atoms with Crippen LogP contribution < -0.4 is 5.32 Å². The molecule has 0 unspecified atom stereocenters. The second-order valence-electron chi connectivity index (χ2n) is 5.70. The molecular weight excluding hydrogens is 295 g/mol. The van der Waals surface area contributed by atoms with Crippen molar-refractivity contribution in [1.29, 1.82) is 0 Å². The normalized spacial score (nSPS) is 15.4. The molecule has 0 saturated carbocycles. The number of aromatic nitrogens is 2. The average molecular weight is 314 g/mol. The van der Waals surface area contributed by atoms with E-state index >= 15 is 0 Å². The van der Waals surface area contributed by atoms with Gasteiger partial charge in [0.15, 0.2) is 0 Å². The zero-order valence-corrected chi connectivity index (χ0v) is 12.8. The Morgan fingerprint density at radius 3 is 2.61 bits per heavy atom. The number of amides is 1. The highest BCUT2D eigenvalue weighted by Gasteiger charge is 2.22. The number of nitrogens with zero attached hydrogens (tertiary/aromatic N) is 3. The summed E-state index contributed by atoms with van der Waals surface area (Å²) >= 11 is 0. The lowest BCUT2D eigenvalue weighted by Gasteiger charge is -2.32. The third-order valence-electron chi connectivity index (χ3n) is 4.05. The van der Waals surface area contributed by atoms with Gasteiger partial charge in [0.25, 0.3) is 0 Å². The van der Waals surface area contributed by atoms with Gasteiger partial charge in [-0.25, -0.2) is 14.4 Å². The van der Waals surface area contributed by atoms with Crippen LogP contribution in [-0.4, -0.2) is 39.9 Å². The van der Waals surface area contributed by atoms with Gasteiger partial charge in [0.05, 0.1) is 6.42 Å². The van der Waals surface area contributed by atoms with Crippen molar-refractivity contribution < 1.29 is 9.18 Å². The Bertz CT molecular complexity index is 639. The molecule has 1 aromatic carbocycles. The fourth-order valence-corrected chi connectivity index (χ4v) is 2.75. The predicted octanol–water partition coefficient (Wildman–Crippen LogP) is 2.26. The number of anilines is 1. The molecule has 1 fully saturated rings. The van der Waals surface area contributed by atoms with Crippen LogP contribution in [0, 0.1) is 5.82 Å². The number of carbonyl (C=O) groups excluding carboxylic acids is 1. The number of carbonyl (C=O) groups is 1. The second-order valence-corrected chi connectivity index (χ2v) is 5.70. The van der Waals surface area contributed by atoms with E-state index in [9.17, 15) is 9.18 Å². The van der Waals surface area contributed by atoms with Crippen LogP contribution in [0.3, 0.4) is 0 Å². The Kier molecular flexibility index (Phi) is 4.80. The van der Waals surface area contributed by atoms with Crippen molar-refractivity contribution >= 4 is 11.7 Å². The minimum atomic E-state index is -0.280. The fraction of sp³-hybridized carbons (Fsp3) is 0.353. The number of hydrogen-bond donors (Lipinski definition) is 1. The number of benzene rings is 1. The Morgan fingerprint density at radius 2 is 1.96 bits per heavy atom. The molecule has 120 valence electrons. The summed E-state index contributed by atoms with van der Waals surface area (Å²) in [5.74, 6) is 0.631. The SMILES string of the molecule is O=C(Cc1ccc(F)cc1)N1CCC(Nc2ccncn2)CC1. The van der Waals surface area contributed by atoms with Crippen molar-refractivity contribution in [2.75, 3.05) is 18.4 Å². The quantitative estimate of drug-likeness (QED) is 0.940. The van der Waals surface area contributed by atoms with Crippen LogP contribution in [0.15, 0.2) is 42.9 Å². The summed E-state index contributed by atoms with van der Waals surface area (Å²) in [4.78, 5) is 22.2. The van der Waals surface area contributed by atoms with E-state index < -0.39 is 0 Å². The molecule has 0 atom stereocenters. The molecule has 1 saturated heterocycles. The minimum absolute atomic E-state index is 0.0945. The van der Waals surface area contributed by atoms with Gasteiger partial charge in [-0.05, 0) is 36.6 Å². The van der Waals surface area contributed by atoms with Crippen LogP contribution in [0.1, 0.15) is 18.4 Å². The van der Waals surface area contributed by atoms with E-state index in [2.05, 4.69) is 15.3 Å². The molecule has 2 aromatic rings. The highest BCUT2D eigenvalue weighted by molar-refractivity contribution is 5.78. The Hall–Kier alpha value is -2.50. The number of rotatable bonds is 4. The monoisotopic (exact) mass is 314 g/mol. The van der Waals surface area contributed by atoms with Crippen molar-refractivity contribution in [3.63, 3.8) is 0 Å². The maximum absolute atomic E-state index is 12.9. The lowest BCUT2D eigenvalue weighted by atomic mass is 10.0. The van der Waals surface area contributed by atoms with Crippen LogP contribution in [0.2, 0.25) is 0 Å². The van der Waals surface area contributed by atoms with Gasteiger partial charge in [0, 0.05) is 25.3 Å². The lowest BCUT2D eigenvalue weighted by molar-refractivity contribution is -0.131.